The van der Waals surface area contributed by atoms with Crippen molar-refractivity contribution >= 4 is 16.3 Å². The molecule has 0 aliphatic carbocycles. The van der Waals surface area contributed by atoms with Crippen molar-refractivity contribution in [2.45, 2.75) is 6.04 Å². The van der Waals surface area contributed by atoms with Crippen LogP contribution < -0.4 is 0 Å². The van der Waals surface area contributed by atoms with Gasteiger partial charge >= 0.3 is 0 Å². The largest absolute Gasteiger partial charge is 0.492 e. The Morgan fingerprint density at radius 3 is 2.68 bits per heavy atom. The van der Waals surface area contributed by atoms with E-state index in [0.717, 1.165) is 25.2 Å². The Balaban J connectivity index is 1.84. The van der Waals surface area contributed by atoms with Gasteiger partial charge in [0.2, 0.25) is 10.8 Å². The van der Waals surface area contributed by atoms with E-state index >= 15 is 0 Å². The predicted octanol–water partition coefficient (Wildman–Crippen LogP) is 2.11. The van der Waals surface area contributed by atoms with Gasteiger partial charge in [0.1, 0.15) is 18.0 Å². The number of aromatic hydroxyl groups is 1. The van der Waals surface area contributed by atoms with Gasteiger partial charge in [0, 0.05) is 31.7 Å². The Hall–Kier alpha value is -2.10. The zero-order valence-electron chi connectivity index (χ0n) is 13.6. The van der Waals surface area contributed by atoms with Crippen LogP contribution in [0.4, 0.5) is 8.78 Å². The molecule has 1 aliphatic rings. The Morgan fingerprint density at radius 1 is 1.20 bits per heavy atom. The van der Waals surface area contributed by atoms with Crippen molar-refractivity contribution in [1.82, 2.24) is 24.4 Å². The minimum atomic E-state index is -0.585. The first-order valence-electron chi connectivity index (χ1n) is 7.93. The summed E-state index contributed by atoms with van der Waals surface area (Å²) >= 11 is 1.24. The first-order valence-corrected chi connectivity index (χ1v) is 8.75. The zero-order valence-corrected chi connectivity index (χ0v) is 14.4. The van der Waals surface area contributed by atoms with Crippen LogP contribution in [0.5, 0.6) is 5.88 Å². The number of halogens is 2. The van der Waals surface area contributed by atoms with Crippen LogP contribution in [-0.4, -0.2) is 62.7 Å². The van der Waals surface area contributed by atoms with Gasteiger partial charge in [-0.15, -0.1) is 0 Å². The summed E-state index contributed by atoms with van der Waals surface area (Å²) in [6.07, 6.45) is 1.35. The van der Waals surface area contributed by atoms with E-state index in [2.05, 4.69) is 19.9 Å². The van der Waals surface area contributed by atoms with Crippen LogP contribution in [0.15, 0.2) is 24.5 Å². The van der Waals surface area contributed by atoms with E-state index in [-0.39, 0.29) is 11.4 Å². The second kappa shape index (κ2) is 6.32. The fourth-order valence-corrected chi connectivity index (χ4v) is 4.26. The molecule has 0 spiro atoms. The summed E-state index contributed by atoms with van der Waals surface area (Å²) in [5, 5.41) is 14.6. The maximum Gasteiger partial charge on any atom is 0.230 e. The Morgan fingerprint density at radius 2 is 1.96 bits per heavy atom. The summed E-state index contributed by atoms with van der Waals surface area (Å²) in [6, 6.07) is 2.84. The van der Waals surface area contributed by atoms with Gasteiger partial charge in [-0.1, -0.05) is 11.3 Å². The molecule has 2 aromatic heterocycles. The summed E-state index contributed by atoms with van der Waals surface area (Å²) in [6.45, 7) is 3.00. The molecule has 0 bridgehead atoms. The normalized spacial score (nSPS) is 18.0. The summed E-state index contributed by atoms with van der Waals surface area (Å²) in [4.78, 5) is 9.36. The van der Waals surface area contributed by atoms with Gasteiger partial charge in [0.15, 0.2) is 0 Å². The van der Waals surface area contributed by atoms with Crippen LogP contribution in [-0.2, 0) is 0 Å². The van der Waals surface area contributed by atoms with Crippen LogP contribution in [0.3, 0.4) is 0 Å². The summed E-state index contributed by atoms with van der Waals surface area (Å²) < 4.78 is 29.7. The quantitative estimate of drug-likeness (QED) is 0.771. The van der Waals surface area contributed by atoms with Gasteiger partial charge in [-0.25, -0.2) is 13.8 Å². The van der Waals surface area contributed by atoms with E-state index in [1.807, 2.05) is 7.05 Å². The minimum Gasteiger partial charge on any atom is -0.492 e. The standard InChI is InChI=1S/C16H17F2N5OS/c1-21-4-6-22(7-5-21)13(11-8-10(17)2-3-12(11)18)14-15(24)23-16(25-14)19-9-20-23/h2-3,8-9,13,24H,4-7H2,1H3. The van der Waals surface area contributed by atoms with Crippen molar-refractivity contribution in [1.29, 1.82) is 0 Å². The lowest BCUT2D eigenvalue weighted by atomic mass is 10.0. The Bertz CT molecular complexity index is 903. The molecule has 1 fully saturated rings. The van der Waals surface area contributed by atoms with Crippen molar-refractivity contribution in [3.63, 3.8) is 0 Å². The van der Waals surface area contributed by atoms with E-state index in [4.69, 9.17) is 0 Å². The second-order valence-corrected chi connectivity index (χ2v) is 7.16. The van der Waals surface area contributed by atoms with Crippen LogP contribution >= 0.6 is 11.3 Å². The van der Waals surface area contributed by atoms with Crippen LogP contribution in [0, 0.1) is 11.6 Å². The Labute approximate surface area is 146 Å². The molecule has 6 nitrogen and oxygen atoms in total. The van der Waals surface area contributed by atoms with Gasteiger partial charge in [-0.05, 0) is 25.2 Å². The molecule has 1 atom stereocenters. The molecule has 0 radical (unpaired) electrons. The first-order chi connectivity index (χ1) is 12.0. The highest BCUT2D eigenvalue weighted by Crippen LogP contribution is 2.40. The number of hydrogen-bond donors (Lipinski definition) is 1. The number of likely N-dealkylation sites (N-methyl/N-ethyl adjacent to an activating group) is 1. The lowest BCUT2D eigenvalue weighted by Crippen LogP contribution is -2.46. The highest BCUT2D eigenvalue weighted by atomic mass is 32.1. The summed E-state index contributed by atoms with van der Waals surface area (Å²) in [5.41, 5.74) is 0.212. The molecule has 0 saturated carbocycles. The van der Waals surface area contributed by atoms with E-state index in [0.29, 0.717) is 22.9 Å². The molecular formula is C16H17F2N5OS. The smallest absolute Gasteiger partial charge is 0.230 e. The third kappa shape index (κ3) is 2.88. The maximum atomic E-state index is 14.5. The molecule has 1 N–H and O–H groups in total. The molecule has 1 aliphatic heterocycles. The van der Waals surface area contributed by atoms with Crippen molar-refractivity contribution < 1.29 is 13.9 Å². The fraction of sp³-hybridized carbons (Fsp3) is 0.375. The lowest BCUT2D eigenvalue weighted by molar-refractivity contribution is 0.125. The van der Waals surface area contributed by atoms with Crippen LogP contribution in [0.25, 0.3) is 4.96 Å². The third-order valence-electron chi connectivity index (χ3n) is 4.54. The maximum absolute atomic E-state index is 14.5. The number of benzene rings is 1. The number of hydrogen-bond acceptors (Lipinski definition) is 6. The Kier molecular flexibility index (Phi) is 4.14. The molecule has 132 valence electrons. The average Bonchev–Trinajstić information content (AvgIpc) is 3.17. The van der Waals surface area contributed by atoms with Crippen molar-refractivity contribution in [2.24, 2.45) is 0 Å². The molecule has 1 unspecified atom stereocenters. The van der Waals surface area contributed by atoms with E-state index < -0.39 is 17.7 Å². The molecule has 25 heavy (non-hydrogen) atoms. The summed E-state index contributed by atoms with van der Waals surface area (Å²) in [5.74, 6) is -1.08. The van der Waals surface area contributed by atoms with Gasteiger partial charge in [-0.3, -0.25) is 4.90 Å². The summed E-state index contributed by atoms with van der Waals surface area (Å²) in [7, 11) is 2.02. The SMILES string of the molecule is CN1CCN(C(c2cc(F)ccc2F)c2sc3ncnn3c2O)CC1. The number of nitrogens with zero attached hydrogens (tertiary/aromatic N) is 5. The third-order valence-corrected chi connectivity index (χ3v) is 5.63. The highest BCUT2D eigenvalue weighted by molar-refractivity contribution is 7.17. The predicted molar refractivity (Wildman–Crippen MR) is 89.8 cm³/mol. The van der Waals surface area contributed by atoms with E-state index in [1.54, 1.807) is 0 Å². The van der Waals surface area contributed by atoms with Crippen LogP contribution in [0.2, 0.25) is 0 Å². The topological polar surface area (TPSA) is 56.9 Å². The number of fused-ring (bicyclic) bond motifs is 1. The molecule has 0 amide bonds. The monoisotopic (exact) mass is 365 g/mol. The second-order valence-electron chi connectivity index (χ2n) is 6.15. The van der Waals surface area contributed by atoms with Crippen molar-refractivity contribution in [3.05, 3.63) is 46.6 Å². The molecule has 1 saturated heterocycles. The number of rotatable bonds is 3. The van der Waals surface area contributed by atoms with Crippen LogP contribution in [0.1, 0.15) is 16.5 Å². The number of aromatic nitrogens is 3. The fourth-order valence-electron chi connectivity index (χ4n) is 3.18. The van der Waals surface area contributed by atoms with Crippen molar-refractivity contribution in [2.75, 3.05) is 33.2 Å². The number of thiazole rings is 1. The molecule has 9 heteroatoms. The lowest BCUT2D eigenvalue weighted by Gasteiger charge is -2.37. The zero-order chi connectivity index (χ0) is 17.6. The minimum absolute atomic E-state index is 0.0786. The van der Waals surface area contributed by atoms with E-state index in [9.17, 15) is 13.9 Å². The van der Waals surface area contributed by atoms with E-state index in [1.165, 1.54) is 28.2 Å². The first kappa shape index (κ1) is 16.4. The van der Waals surface area contributed by atoms with Gasteiger partial charge < -0.3 is 10.0 Å². The molecule has 3 heterocycles. The average molecular weight is 365 g/mol. The van der Waals surface area contributed by atoms with Crippen molar-refractivity contribution in [3.8, 4) is 5.88 Å². The molecule has 4 rings (SSSR count). The highest BCUT2D eigenvalue weighted by Gasteiger charge is 2.32. The molecule has 1 aromatic carbocycles. The van der Waals surface area contributed by atoms with Gasteiger partial charge in [-0.2, -0.15) is 9.61 Å². The van der Waals surface area contributed by atoms with Gasteiger partial charge in [0.25, 0.3) is 0 Å². The van der Waals surface area contributed by atoms with Gasteiger partial charge in [0.05, 0.1) is 10.9 Å². The molecular weight excluding hydrogens is 348 g/mol. The number of piperazine rings is 1. The molecule has 3 aromatic rings.